The first-order valence-electron chi connectivity index (χ1n) is 11.2. The molecule has 0 bridgehead atoms. The summed E-state index contributed by atoms with van der Waals surface area (Å²) in [6.45, 7) is 0. The van der Waals surface area contributed by atoms with Gasteiger partial charge in [-0.2, -0.15) is 13.2 Å². The molecule has 1 unspecified atom stereocenters. The van der Waals surface area contributed by atoms with Gasteiger partial charge in [-0.1, -0.05) is 35.9 Å². The van der Waals surface area contributed by atoms with Gasteiger partial charge < -0.3 is 10.4 Å². The van der Waals surface area contributed by atoms with Crippen LogP contribution in [0, 0.1) is 0 Å². The van der Waals surface area contributed by atoms with E-state index >= 15 is 0 Å². The number of carbonyl (C=O) groups is 1. The van der Waals surface area contributed by atoms with Crippen molar-refractivity contribution in [2.75, 3.05) is 0 Å². The number of aromatic nitrogens is 1. The molecular weight excluding hydrogens is 503 g/mol. The van der Waals surface area contributed by atoms with Gasteiger partial charge in [-0.15, -0.1) is 0 Å². The van der Waals surface area contributed by atoms with Crippen LogP contribution in [0.2, 0.25) is 5.02 Å². The van der Waals surface area contributed by atoms with Crippen molar-refractivity contribution in [1.82, 2.24) is 10.3 Å². The number of benzene rings is 2. The molecule has 0 saturated heterocycles. The summed E-state index contributed by atoms with van der Waals surface area (Å²) in [5.41, 5.74) is -1.64. The number of halogens is 6. The molecule has 3 aromatic rings. The monoisotopic (exact) mass is 524 g/mol. The third kappa shape index (κ3) is 5.68. The van der Waals surface area contributed by atoms with Crippen LogP contribution in [0.5, 0.6) is 0 Å². The topological polar surface area (TPSA) is 62.2 Å². The molecule has 10 heteroatoms. The van der Waals surface area contributed by atoms with Crippen LogP contribution in [0.15, 0.2) is 66.9 Å². The Hall–Kier alpha value is -3.04. The molecule has 1 heterocycles. The fraction of sp³-hybridized carbons (Fsp3) is 0.308. The van der Waals surface area contributed by atoms with Crippen LogP contribution in [0.4, 0.5) is 22.0 Å². The molecule has 1 fully saturated rings. The van der Waals surface area contributed by atoms with Gasteiger partial charge in [-0.05, 0) is 54.8 Å². The van der Waals surface area contributed by atoms with E-state index in [4.69, 9.17) is 11.6 Å². The minimum Gasteiger partial charge on any atom is -0.387 e. The molecular formula is C26H22ClF5N2O2. The summed E-state index contributed by atoms with van der Waals surface area (Å²) in [6, 6.07) is 13.1. The molecule has 2 N–H and O–H groups in total. The lowest BCUT2D eigenvalue weighted by Gasteiger charge is -2.42. The van der Waals surface area contributed by atoms with Crippen LogP contribution in [-0.4, -0.2) is 27.5 Å². The van der Waals surface area contributed by atoms with Gasteiger partial charge in [0.15, 0.2) is 0 Å². The van der Waals surface area contributed by atoms with Gasteiger partial charge in [0.2, 0.25) is 5.92 Å². The third-order valence-corrected chi connectivity index (χ3v) is 6.71. The van der Waals surface area contributed by atoms with Crippen molar-refractivity contribution in [3.05, 3.63) is 88.6 Å². The van der Waals surface area contributed by atoms with Crippen LogP contribution < -0.4 is 5.32 Å². The molecule has 0 aliphatic heterocycles. The largest absolute Gasteiger partial charge is 0.416 e. The molecule has 4 rings (SSSR count). The van der Waals surface area contributed by atoms with Crippen molar-refractivity contribution in [1.29, 1.82) is 0 Å². The van der Waals surface area contributed by atoms with Gasteiger partial charge in [0.1, 0.15) is 0 Å². The van der Waals surface area contributed by atoms with E-state index in [1.807, 2.05) is 0 Å². The molecule has 4 nitrogen and oxygen atoms in total. The highest BCUT2D eigenvalue weighted by molar-refractivity contribution is 6.33. The molecule has 1 saturated carbocycles. The molecule has 1 amide bonds. The van der Waals surface area contributed by atoms with Crippen LogP contribution >= 0.6 is 11.6 Å². The summed E-state index contributed by atoms with van der Waals surface area (Å²) in [6.07, 6.45) is -4.96. The third-order valence-electron chi connectivity index (χ3n) is 6.38. The number of carbonyl (C=O) groups excluding carboxylic acids is 1. The zero-order chi connectivity index (χ0) is 26.1. The maximum Gasteiger partial charge on any atom is 0.416 e. The van der Waals surface area contributed by atoms with Crippen molar-refractivity contribution in [3.8, 4) is 11.3 Å². The van der Waals surface area contributed by atoms with Crippen LogP contribution in [-0.2, 0) is 6.18 Å². The molecule has 190 valence electrons. The highest BCUT2D eigenvalue weighted by atomic mass is 35.5. The summed E-state index contributed by atoms with van der Waals surface area (Å²) >= 11 is 6.04. The highest BCUT2D eigenvalue weighted by Gasteiger charge is 2.47. The van der Waals surface area contributed by atoms with Crippen molar-refractivity contribution in [2.45, 2.75) is 49.4 Å². The van der Waals surface area contributed by atoms with E-state index in [1.165, 1.54) is 0 Å². The quantitative estimate of drug-likeness (QED) is 0.359. The zero-order valence-electron chi connectivity index (χ0n) is 18.8. The van der Waals surface area contributed by atoms with Gasteiger partial charge >= 0.3 is 6.18 Å². The number of hydrogen-bond donors (Lipinski definition) is 2. The zero-order valence-corrected chi connectivity index (χ0v) is 19.6. The van der Waals surface area contributed by atoms with E-state index in [9.17, 15) is 31.9 Å². The molecule has 1 atom stereocenters. The van der Waals surface area contributed by atoms with E-state index in [-0.39, 0.29) is 17.9 Å². The lowest BCUT2D eigenvalue weighted by atomic mass is 9.75. The SMILES string of the molecule is O=C(NC(c1cccc(-c2ccccn2)c1)C1(O)CCC(F)(F)CC1)c1cc(C(F)(F)F)ccc1Cl. The standard InChI is InChI=1S/C26H22ClF5N2O2/c27-20-8-7-18(26(30,31)32)15-19(20)23(35)34-22(24(36)9-11-25(28,29)12-10-24)17-5-3-4-16(14-17)21-6-1-2-13-33-21/h1-8,13-15,22,36H,9-12H2,(H,34,35). The number of nitrogens with zero attached hydrogens (tertiary/aromatic N) is 1. The summed E-state index contributed by atoms with van der Waals surface area (Å²) < 4.78 is 67.5. The van der Waals surface area contributed by atoms with Gasteiger partial charge in [0, 0.05) is 24.6 Å². The number of nitrogens with one attached hydrogen (secondary N) is 1. The Kier molecular flexibility index (Phi) is 7.07. The maximum absolute atomic E-state index is 13.9. The summed E-state index contributed by atoms with van der Waals surface area (Å²) in [4.78, 5) is 17.4. The van der Waals surface area contributed by atoms with Crippen LogP contribution in [0.3, 0.4) is 0 Å². The molecule has 0 spiro atoms. The first-order valence-corrected chi connectivity index (χ1v) is 11.5. The van der Waals surface area contributed by atoms with E-state index in [0.29, 0.717) is 22.9 Å². The van der Waals surface area contributed by atoms with Crippen molar-refractivity contribution in [2.24, 2.45) is 0 Å². The predicted molar refractivity (Wildman–Crippen MR) is 125 cm³/mol. The number of rotatable bonds is 5. The van der Waals surface area contributed by atoms with Gasteiger partial charge in [-0.3, -0.25) is 9.78 Å². The first kappa shape index (κ1) is 26.0. The number of hydrogen-bond acceptors (Lipinski definition) is 3. The van der Waals surface area contributed by atoms with Crippen LogP contribution in [0.1, 0.15) is 53.2 Å². The Morgan fingerprint density at radius 1 is 1.00 bits per heavy atom. The van der Waals surface area contributed by atoms with Gasteiger partial charge in [0.05, 0.1) is 33.5 Å². The Morgan fingerprint density at radius 2 is 1.72 bits per heavy atom. The van der Waals surface area contributed by atoms with Crippen molar-refractivity contribution < 1.29 is 31.9 Å². The van der Waals surface area contributed by atoms with E-state index in [1.54, 1.807) is 48.7 Å². The maximum atomic E-state index is 13.9. The minimum absolute atomic E-state index is 0.219. The fourth-order valence-corrected chi connectivity index (χ4v) is 4.56. The van der Waals surface area contributed by atoms with E-state index in [2.05, 4.69) is 10.3 Å². The molecule has 1 aromatic heterocycles. The van der Waals surface area contributed by atoms with Gasteiger partial charge in [0.25, 0.3) is 5.91 Å². The lowest BCUT2D eigenvalue weighted by Crippen LogP contribution is -2.50. The molecule has 1 aliphatic rings. The van der Waals surface area contributed by atoms with Crippen LogP contribution in [0.25, 0.3) is 11.3 Å². The second-order valence-corrected chi connectivity index (χ2v) is 9.31. The fourth-order valence-electron chi connectivity index (χ4n) is 4.36. The Bertz CT molecular complexity index is 1240. The summed E-state index contributed by atoms with van der Waals surface area (Å²) in [5, 5.41) is 13.8. The Labute approximate surface area is 209 Å². The first-order chi connectivity index (χ1) is 16.9. The van der Waals surface area contributed by atoms with E-state index < -0.39 is 53.6 Å². The highest BCUT2D eigenvalue weighted by Crippen LogP contribution is 2.45. The summed E-state index contributed by atoms with van der Waals surface area (Å²) in [5.74, 6) is -3.92. The number of alkyl halides is 5. The average molecular weight is 525 g/mol. The predicted octanol–water partition coefficient (Wildman–Crippen LogP) is 6.83. The minimum atomic E-state index is -4.71. The molecule has 36 heavy (non-hydrogen) atoms. The number of aliphatic hydroxyl groups is 1. The molecule has 0 radical (unpaired) electrons. The number of amides is 1. The van der Waals surface area contributed by atoms with E-state index in [0.717, 1.165) is 12.1 Å². The van der Waals surface area contributed by atoms with Crippen molar-refractivity contribution >= 4 is 17.5 Å². The molecule has 2 aromatic carbocycles. The second-order valence-electron chi connectivity index (χ2n) is 8.90. The summed E-state index contributed by atoms with van der Waals surface area (Å²) in [7, 11) is 0. The molecule has 1 aliphatic carbocycles. The lowest BCUT2D eigenvalue weighted by molar-refractivity contribution is -0.137. The Balaban J connectivity index is 1.73. The van der Waals surface area contributed by atoms with Crippen molar-refractivity contribution in [3.63, 3.8) is 0 Å². The number of pyridine rings is 1. The Morgan fingerprint density at radius 3 is 2.36 bits per heavy atom. The van der Waals surface area contributed by atoms with Gasteiger partial charge in [-0.25, -0.2) is 8.78 Å². The normalized spacial score (nSPS) is 17.9. The average Bonchev–Trinajstić information content (AvgIpc) is 2.84. The second kappa shape index (κ2) is 9.78. The smallest absolute Gasteiger partial charge is 0.387 e.